The second-order valence-corrected chi connectivity index (χ2v) is 1.46. The van der Waals surface area contributed by atoms with Gasteiger partial charge in [0, 0.05) is 0 Å². The van der Waals surface area contributed by atoms with E-state index in [0.29, 0.717) is 0 Å². The van der Waals surface area contributed by atoms with E-state index in [1.807, 2.05) is 0 Å². The van der Waals surface area contributed by atoms with Crippen molar-refractivity contribution in [3.05, 3.63) is 0 Å². The molecule has 3 saturated heterocycles. The van der Waals surface area contributed by atoms with Gasteiger partial charge < -0.3 is 0 Å². The lowest BCUT2D eigenvalue weighted by molar-refractivity contribution is -0.287. The highest BCUT2D eigenvalue weighted by atomic mass is 16.0. The molecule has 0 aliphatic carbocycles. The zero-order valence-electron chi connectivity index (χ0n) is 2.81. The molecular formula is C2H5N3. The highest BCUT2D eigenvalue weighted by molar-refractivity contribution is 4.70. The Bertz CT molecular complexity index is 41.6. The molecule has 0 saturated carbocycles. The summed E-state index contributed by atoms with van der Waals surface area (Å²) in [7, 11) is 0. The van der Waals surface area contributed by atoms with Crippen LogP contribution in [0.15, 0.2) is 0 Å². The molecule has 2 bridgehead atoms. The Morgan fingerprint density at radius 1 is 1.20 bits per heavy atom. The second-order valence-electron chi connectivity index (χ2n) is 1.46. The first-order valence-corrected chi connectivity index (χ1v) is 1.71. The standard InChI is InChI=1S/C2H5N3/c1-4-2-5(1)3-4/h3H,1-2H2. The minimum Gasteiger partial charge on any atom is -0.199 e. The Morgan fingerprint density at radius 3 is 1.40 bits per heavy atom. The van der Waals surface area contributed by atoms with Gasteiger partial charge in [0.25, 0.3) is 0 Å². The SMILES string of the molecule is C1N2CN1N2. The molecule has 5 heavy (non-hydrogen) atoms. The number of nitrogens with zero attached hydrogens (tertiary/aromatic N) is 2. The summed E-state index contributed by atoms with van der Waals surface area (Å²) in [5.41, 5.74) is 2.97. The van der Waals surface area contributed by atoms with E-state index >= 15 is 0 Å². The van der Waals surface area contributed by atoms with Crippen molar-refractivity contribution in [3.8, 4) is 0 Å². The largest absolute Gasteiger partial charge is 0.199 e. The third-order valence-electron chi connectivity index (χ3n) is 0.966. The van der Waals surface area contributed by atoms with Crippen LogP contribution >= 0.6 is 0 Å². The van der Waals surface area contributed by atoms with Gasteiger partial charge in [0.1, 0.15) is 0 Å². The monoisotopic (exact) mass is 71.0 g/mol. The van der Waals surface area contributed by atoms with E-state index in [0.717, 1.165) is 13.3 Å². The fraction of sp³-hybridized carbons (Fsp3) is 1.00. The maximum atomic E-state index is 2.97. The molecule has 3 rings (SSSR count). The van der Waals surface area contributed by atoms with Crippen LogP contribution in [-0.2, 0) is 0 Å². The van der Waals surface area contributed by atoms with Gasteiger partial charge in [0.05, 0.1) is 13.3 Å². The molecule has 0 amide bonds. The van der Waals surface area contributed by atoms with Crippen LogP contribution in [0.25, 0.3) is 0 Å². The van der Waals surface area contributed by atoms with Gasteiger partial charge in [-0.1, -0.05) is 0 Å². The first-order valence-electron chi connectivity index (χ1n) is 1.71. The topological polar surface area (TPSA) is 18.5 Å². The molecule has 0 spiro atoms. The molecule has 3 heteroatoms. The molecule has 1 N–H and O–H groups in total. The molecule has 28 valence electrons. The molecule has 3 nitrogen and oxygen atoms in total. The van der Waals surface area contributed by atoms with E-state index in [9.17, 15) is 0 Å². The van der Waals surface area contributed by atoms with E-state index < -0.39 is 0 Å². The van der Waals surface area contributed by atoms with Crippen molar-refractivity contribution in [1.82, 2.24) is 15.6 Å². The Labute approximate surface area is 30.1 Å². The third-order valence-corrected chi connectivity index (χ3v) is 0.966. The predicted molar refractivity (Wildman–Crippen MR) is 16.5 cm³/mol. The molecule has 3 fully saturated rings. The lowest BCUT2D eigenvalue weighted by Gasteiger charge is -2.56. The zero-order chi connectivity index (χ0) is 3.28. The Balaban J connectivity index is 2.19. The van der Waals surface area contributed by atoms with Gasteiger partial charge in [0.15, 0.2) is 0 Å². The minimum atomic E-state index is 1.14. The average Bonchev–Trinajstić information content (AvgIpc) is 0.592. The Morgan fingerprint density at radius 2 is 1.40 bits per heavy atom. The first-order chi connectivity index (χ1) is 2.45. The van der Waals surface area contributed by atoms with Gasteiger partial charge in [-0.2, -0.15) is 15.6 Å². The molecule has 3 heterocycles. The van der Waals surface area contributed by atoms with Crippen LogP contribution in [0.4, 0.5) is 0 Å². The number of nitrogens with one attached hydrogen (secondary N) is 1. The summed E-state index contributed by atoms with van der Waals surface area (Å²) in [6, 6.07) is 0. The van der Waals surface area contributed by atoms with Gasteiger partial charge in [-0.25, -0.2) is 0 Å². The van der Waals surface area contributed by atoms with Crippen LogP contribution in [0.2, 0.25) is 0 Å². The van der Waals surface area contributed by atoms with Crippen LogP contribution in [0, 0.1) is 0 Å². The van der Waals surface area contributed by atoms with Crippen molar-refractivity contribution in [3.63, 3.8) is 0 Å². The van der Waals surface area contributed by atoms with Gasteiger partial charge in [-0.05, 0) is 0 Å². The van der Waals surface area contributed by atoms with Crippen molar-refractivity contribution < 1.29 is 0 Å². The normalized spacial score (nSPS) is 57.6. The van der Waals surface area contributed by atoms with E-state index in [4.69, 9.17) is 0 Å². The fourth-order valence-corrected chi connectivity index (χ4v) is 0.541. The van der Waals surface area contributed by atoms with Crippen molar-refractivity contribution in [2.75, 3.05) is 13.3 Å². The molecule has 0 aromatic rings. The van der Waals surface area contributed by atoms with Crippen LogP contribution < -0.4 is 5.53 Å². The van der Waals surface area contributed by atoms with Gasteiger partial charge >= 0.3 is 0 Å². The highest BCUT2D eigenvalue weighted by Crippen LogP contribution is 2.12. The summed E-state index contributed by atoms with van der Waals surface area (Å²) in [6.07, 6.45) is 0. The quantitative estimate of drug-likeness (QED) is 0.393. The molecule has 0 aromatic heterocycles. The minimum absolute atomic E-state index is 1.14. The van der Waals surface area contributed by atoms with E-state index in [1.54, 1.807) is 0 Å². The molecular weight excluding hydrogens is 66.0 g/mol. The van der Waals surface area contributed by atoms with Crippen LogP contribution in [0.5, 0.6) is 0 Å². The van der Waals surface area contributed by atoms with Crippen LogP contribution in [-0.4, -0.2) is 23.4 Å². The molecule has 0 radical (unpaired) electrons. The second kappa shape index (κ2) is 0.408. The maximum absolute atomic E-state index is 2.97. The summed E-state index contributed by atoms with van der Waals surface area (Å²) in [5, 5.41) is 4.25. The Kier molecular flexibility index (Phi) is 0.173. The summed E-state index contributed by atoms with van der Waals surface area (Å²) in [4.78, 5) is 0. The van der Waals surface area contributed by atoms with Crippen molar-refractivity contribution >= 4 is 0 Å². The molecule has 0 unspecified atom stereocenters. The van der Waals surface area contributed by atoms with Crippen molar-refractivity contribution in [2.24, 2.45) is 0 Å². The molecule has 0 aromatic carbocycles. The zero-order valence-corrected chi connectivity index (χ0v) is 2.81. The van der Waals surface area contributed by atoms with Gasteiger partial charge in [-0.3, -0.25) is 0 Å². The van der Waals surface area contributed by atoms with Crippen molar-refractivity contribution in [2.45, 2.75) is 0 Å². The number of hydrogen-bond acceptors (Lipinski definition) is 3. The molecule has 3 aliphatic heterocycles. The molecule has 0 atom stereocenters. The third kappa shape index (κ3) is 0.0972. The fourth-order valence-electron chi connectivity index (χ4n) is 0.541. The molecule has 3 aliphatic rings. The number of rotatable bonds is 0. The number of hydrogen-bond donors (Lipinski definition) is 1. The number of hydrazine groups is 2. The summed E-state index contributed by atoms with van der Waals surface area (Å²) in [6.45, 7) is 2.28. The van der Waals surface area contributed by atoms with Crippen LogP contribution in [0.3, 0.4) is 0 Å². The smallest absolute Gasteiger partial charge is 0.0839 e. The Hall–Kier alpha value is -0.120. The van der Waals surface area contributed by atoms with Gasteiger partial charge in [-0.15, -0.1) is 0 Å². The van der Waals surface area contributed by atoms with E-state index in [-0.39, 0.29) is 0 Å². The summed E-state index contributed by atoms with van der Waals surface area (Å²) in [5.74, 6) is 0. The van der Waals surface area contributed by atoms with Crippen molar-refractivity contribution in [1.29, 1.82) is 0 Å². The highest BCUT2D eigenvalue weighted by Gasteiger charge is 2.35. The lowest BCUT2D eigenvalue weighted by Crippen LogP contribution is -2.81. The maximum Gasteiger partial charge on any atom is 0.0839 e. The van der Waals surface area contributed by atoms with Crippen LogP contribution in [0.1, 0.15) is 0 Å². The summed E-state index contributed by atoms with van der Waals surface area (Å²) < 4.78 is 0. The lowest BCUT2D eigenvalue weighted by atomic mass is 10.6. The summed E-state index contributed by atoms with van der Waals surface area (Å²) >= 11 is 0. The predicted octanol–water partition coefficient (Wildman–Crippen LogP) is -1.05. The van der Waals surface area contributed by atoms with E-state index in [2.05, 4.69) is 15.6 Å². The average molecular weight is 71.1 g/mol. The first kappa shape index (κ1) is 2.12. The van der Waals surface area contributed by atoms with Gasteiger partial charge in [0.2, 0.25) is 0 Å². The van der Waals surface area contributed by atoms with E-state index in [1.165, 1.54) is 0 Å².